The molecular formula is C34H69NaO4S. The van der Waals surface area contributed by atoms with Gasteiger partial charge >= 0.3 is 29.6 Å². The third kappa shape index (κ3) is 38.9. The van der Waals surface area contributed by atoms with Crippen molar-refractivity contribution in [3.63, 3.8) is 0 Å². The van der Waals surface area contributed by atoms with Gasteiger partial charge < -0.3 is 9.66 Å². The second kappa shape index (κ2) is 34.4. The minimum absolute atomic E-state index is 0. The van der Waals surface area contributed by atoms with Crippen LogP contribution in [0.3, 0.4) is 0 Å². The van der Waals surface area contributed by atoms with Crippen molar-refractivity contribution < 1.29 is 47.6 Å². The summed E-state index contributed by atoms with van der Waals surface area (Å²) in [6.45, 7) is 2.29. The third-order valence-corrected chi connectivity index (χ3v) is 9.08. The normalized spacial score (nSPS) is 12.5. The fourth-order valence-corrected chi connectivity index (χ4v) is 6.21. The van der Waals surface area contributed by atoms with Crippen LogP contribution in [-0.2, 0) is 10.1 Å². The molecule has 0 rings (SSSR count). The van der Waals surface area contributed by atoms with Gasteiger partial charge in [-0.3, -0.25) is 0 Å². The molecule has 236 valence electrons. The molecule has 40 heavy (non-hydrogen) atoms. The molecule has 0 aromatic heterocycles. The van der Waals surface area contributed by atoms with Crippen molar-refractivity contribution in [2.45, 2.75) is 212 Å². The number of aliphatic hydroxyl groups excluding tert-OH is 1. The number of unbranched alkanes of at least 4 members (excludes halogenated alkanes) is 28. The van der Waals surface area contributed by atoms with E-state index in [1.54, 1.807) is 0 Å². The van der Waals surface area contributed by atoms with Gasteiger partial charge in [0, 0.05) is 5.75 Å². The minimum atomic E-state index is -4.20. The Morgan fingerprint density at radius 2 is 0.675 bits per heavy atom. The number of hydrogen-bond acceptors (Lipinski definition) is 4. The molecule has 0 heterocycles. The Morgan fingerprint density at radius 1 is 0.450 bits per heavy atom. The van der Waals surface area contributed by atoms with Gasteiger partial charge in [-0.2, -0.15) is 0 Å². The molecule has 0 fully saturated rings. The van der Waals surface area contributed by atoms with Gasteiger partial charge in [0.15, 0.2) is 0 Å². The summed E-state index contributed by atoms with van der Waals surface area (Å²) in [6.07, 6.45) is 40.2. The smallest absolute Gasteiger partial charge is 0.748 e. The Labute approximate surface area is 274 Å². The van der Waals surface area contributed by atoms with Crippen molar-refractivity contribution in [2.75, 3.05) is 5.75 Å². The van der Waals surface area contributed by atoms with Crippen LogP contribution in [0.2, 0.25) is 0 Å². The van der Waals surface area contributed by atoms with Crippen LogP contribution in [0.1, 0.15) is 206 Å². The summed E-state index contributed by atoms with van der Waals surface area (Å²) in [6, 6.07) is 0. The first-order chi connectivity index (χ1) is 19.0. The molecule has 0 spiro atoms. The van der Waals surface area contributed by atoms with Crippen LogP contribution >= 0.6 is 0 Å². The van der Waals surface area contributed by atoms with Crippen molar-refractivity contribution >= 4 is 10.1 Å². The first kappa shape index (κ1) is 43.0. The summed E-state index contributed by atoms with van der Waals surface area (Å²) in [5.74, 6) is -0.451. The Balaban J connectivity index is 0. The first-order valence-corrected chi connectivity index (χ1v) is 19.1. The van der Waals surface area contributed by atoms with Gasteiger partial charge in [-0.1, -0.05) is 193 Å². The van der Waals surface area contributed by atoms with E-state index in [-0.39, 0.29) is 36.0 Å². The maximum absolute atomic E-state index is 10.6. The van der Waals surface area contributed by atoms with E-state index < -0.39 is 22.0 Å². The fraction of sp³-hybridized carbons (Fsp3) is 1.00. The summed E-state index contributed by atoms with van der Waals surface area (Å²) in [4.78, 5) is 0. The zero-order valence-electron chi connectivity index (χ0n) is 27.3. The summed E-state index contributed by atoms with van der Waals surface area (Å²) >= 11 is 0. The average Bonchev–Trinajstić information content (AvgIpc) is 2.90. The van der Waals surface area contributed by atoms with Crippen molar-refractivity contribution in [1.82, 2.24) is 0 Å². The van der Waals surface area contributed by atoms with Gasteiger partial charge in [0.1, 0.15) is 0 Å². The van der Waals surface area contributed by atoms with Gasteiger partial charge in [-0.15, -0.1) is 0 Å². The molecule has 1 unspecified atom stereocenters. The Kier molecular flexibility index (Phi) is 36.9. The number of rotatable bonds is 33. The predicted molar refractivity (Wildman–Crippen MR) is 169 cm³/mol. The third-order valence-electron chi connectivity index (χ3n) is 8.34. The van der Waals surface area contributed by atoms with Crippen molar-refractivity contribution in [2.24, 2.45) is 0 Å². The summed E-state index contributed by atoms with van der Waals surface area (Å²) in [5, 5.41) is 9.71. The Hall–Kier alpha value is 0.870. The SMILES string of the molecule is CCCCCCCCCCCCCCCCCCCCCCCCCCCCCCCC(O)CCS(=O)(=O)[O-].[Na+]. The molecule has 0 aliphatic heterocycles. The quantitative estimate of drug-likeness (QED) is 0.0473. The van der Waals surface area contributed by atoms with Crippen LogP contribution in [0.25, 0.3) is 0 Å². The van der Waals surface area contributed by atoms with E-state index in [1.807, 2.05) is 0 Å². The predicted octanol–water partition coefficient (Wildman–Crippen LogP) is 8.01. The maximum atomic E-state index is 10.6. The van der Waals surface area contributed by atoms with Crippen LogP contribution in [0.5, 0.6) is 0 Å². The van der Waals surface area contributed by atoms with Crippen molar-refractivity contribution in [3.05, 3.63) is 0 Å². The van der Waals surface area contributed by atoms with Gasteiger partial charge in [-0.05, 0) is 12.8 Å². The van der Waals surface area contributed by atoms with E-state index in [2.05, 4.69) is 6.92 Å². The molecule has 0 bridgehead atoms. The first-order valence-electron chi connectivity index (χ1n) is 17.6. The van der Waals surface area contributed by atoms with Gasteiger partial charge in [0.05, 0.1) is 16.2 Å². The molecule has 1 N–H and O–H groups in total. The summed E-state index contributed by atoms with van der Waals surface area (Å²) < 4.78 is 31.7. The van der Waals surface area contributed by atoms with Gasteiger partial charge in [-0.25, -0.2) is 8.42 Å². The molecule has 4 nitrogen and oxygen atoms in total. The van der Waals surface area contributed by atoms with E-state index in [0.717, 1.165) is 12.8 Å². The molecular weight excluding hydrogens is 527 g/mol. The molecule has 0 amide bonds. The van der Waals surface area contributed by atoms with Crippen molar-refractivity contribution in [3.8, 4) is 0 Å². The Bertz CT molecular complexity index is 570. The van der Waals surface area contributed by atoms with E-state index in [1.165, 1.54) is 173 Å². The maximum Gasteiger partial charge on any atom is 1.00 e. The van der Waals surface area contributed by atoms with Gasteiger partial charge in [0.25, 0.3) is 0 Å². The van der Waals surface area contributed by atoms with Crippen molar-refractivity contribution in [1.29, 1.82) is 0 Å². The van der Waals surface area contributed by atoms with Crippen LogP contribution < -0.4 is 29.6 Å². The standard InChI is InChI=1S/C34H70O4S.Na/c1-2-3-4-5-6-7-8-9-10-11-12-13-14-15-16-17-18-19-20-21-22-23-24-25-26-27-28-29-30-31-34(35)32-33-39(36,37)38;/h34-35H,2-33H2,1H3,(H,36,37,38);/q;+1/p-1. The average molecular weight is 597 g/mol. The largest absolute Gasteiger partial charge is 1.00 e. The zero-order chi connectivity index (χ0) is 28.7. The van der Waals surface area contributed by atoms with E-state index >= 15 is 0 Å². The Morgan fingerprint density at radius 3 is 0.900 bits per heavy atom. The second-order valence-electron chi connectivity index (χ2n) is 12.4. The van der Waals surface area contributed by atoms with E-state index in [4.69, 9.17) is 0 Å². The minimum Gasteiger partial charge on any atom is -0.748 e. The molecule has 0 aromatic carbocycles. The molecule has 0 radical (unpaired) electrons. The number of aliphatic hydroxyl groups is 1. The molecule has 6 heteroatoms. The van der Waals surface area contributed by atoms with E-state index in [9.17, 15) is 18.1 Å². The summed E-state index contributed by atoms with van der Waals surface area (Å²) in [5.41, 5.74) is 0. The second-order valence-corrected chi connectivity index (χ2v) is 13.9. The fourth-order valence-electron chi connectivity index (χ4n) is 5.65. The summed E-state index contributed by atoms with van der Waals surface area (Å²) in [7, 11) is -4.20. The van der Waals surface area contributed by atoms with Crippen LogP contribution in [0.4, 0.5) is 0 Å². The molecule has 0 saturated carbocycles. The van der Waals surface area contributed by atoms with Crippen LogP contribution in [-0.4, -0.2) is 29.9 Å². The van der Waals surface area contributed by atoms with E-state index in [0.29, 0.717) is 6.42 Å². The van der Waals surface area contributed by atoms with Crippen LogP contribution in [0.15, 0.2) is 0 Å². The molecule has 0 saturated heterocycles. The zero-order valence-corrected chi connectivity index (χ0v) is 30.1. The topological polar surface area (TPSA) is 77.4 Å². The number of hydrogen-bond donors (Lipinski definition) is 1. The molecule has 0 aromatic rings. The molecule has 0 aliphatic rings. The molecule has 1 atom stereocenters. The monoisotopic (exact) mass is 596 g/mol. The molecule has 0 aliphatic carbocycles. The van der Waals surface area contributed by atoms with Gasteiger partial charge in [0.2, 0.25) is 0 Å². The van der Waals surface area contributed by atoms with Crippen LogP contribution in [0, 0.1) is 0 Å².